The highest BCUT2D eigenvalue weighted by Gasteiger charge is 2.13. The van der Waals surface area contributed by atoms with Gasteiger partial charge in [-0.25, -0.2) is 4.39 Å². The Bertz CT molecular complexity index is 336. The summed E-state index contributed by atoms with van der Waals surface area (Å²) >= 11 is 0. The molecule has 4 heteroatoms. The number of carbonyl (C=O) groups is 1. The maximum Gasteiger partial charge on any atom is 0.165 e. The minimum absolute atomic E-state index is 0.157. The lowest BCUT2D eigenvalue weighted by Gasteiger charge is -2.04. The normalized spacial score (nSPS) is 9.83. The van der Waals surface area contributed by atoms with Gasteiger partial charge in [0.25, 0.3) is 0 Å². The van der Waals surface area contributed by atoms with Crippen molar-refractivity contribution in [3.63, 3.8) is 0 Å². The highest BCUT2D eigenvalue weighted by atomic mass is 19.1. The summed E-state index contributed by atoms with van der Waals surface area (Å²) in [6.07, 6.45) is 0. The average Bonchev–Trinajstić information content (AvgIpc) is 1.97. The van der Waals surface area contributed by atoms with E-state index in [1.54, 1.807) is 0 Å². The minimum atomic E-state index is -0.696. The molecule has 0 bridgehead atoms. The van der Waals surface area contributed by atoms with Crippen LogP contribution < -0.4 is 5.73 Å². The molecule has 0 radical (unpaired) electrons. The lowest BCUT2D eigenvalue weighted by molar-refractivity contribution is 0.101. The Morgan fingerprint density at radius 3 is 2.58 bits per heavy atom. The van der Waals surface area contributed by atoms with Gasteiger partial charge in [0.15, 0.2) is 5.78 Å². The molecule has 3 N–H and O–H groups in total. The van der Waals surface area contributed by atoms with E-state index < -0.39 is 11.6 Å². The standard InChI is InChI=1S/C8H8FNO2/c1-4(11)7-6(12)3-2-5(9)8(7)10/h2-3,12H,10H2,1H3. The van der Waals surface area contributed by atoms with Gasteiger partial charge in [0.2, 0.25) is 0 Å². The third kappa shape index (κ3) is 1.23. The molecule has 3 nitrogen and oxygen atoms in total. The number of anilines is 1. The molecule has 1 aromatic rings. The lowest BCUT2D eigenvalue weighted by atomic mass is 10.1. The summed E-state index contributed by atoms with van der Waals surface area (Å²) in [5.41, 5.74) is 4.77. The number of rotatable bonds is 1. The Balaban J connectivity index is 3.43. The Labute approximate surface area is 68.6 Å². The molecule has 0 saturated heterocycles. The van der Waals surface area contributed by atoms with Gasteiger partial charge in [-0.15, -0.1) is 0 Å². The third-order valence-electron chi connectivity index (χ3n) is 1.52. The average molecular weight is 169 g/mol. The first-order valence-electron chi connectivity index (χ1n) is 3.32. The van der Waals surface area contributed by atoms with Crippen molar-refractivity contribution >= 4 is 11.5 Å². The van der Waals surface area contributed by atoms with Gasteiger partial charge in [-0.2, -0.15) is 0 Å². The maximum absolute atomic E-state index is 12.7. The van der Waals surface area contributed by atoms with Crippen LogP contribution in [0.15, 0.2) is 12.1 Å². The van der Waals surface area contributed by atoms with Gasteiger partial charge in [0.1, 0.15) is 11.6 Å². The van der Waals surface area contributed by atoms with Gasteiger partial charge in [-0.3, -0.25) is 4.79 Å². The van der Waals surface area contributed by atoms with Crippen molar-refractivity contribution in [2.24, 2.45) is 0 Å². The number of halogens is 1. The number of nitrogens with two attached hydrogens (primary N) is 1. The van der Waals surface area contributed by atoms with E-state index >= 15 is 0 Å². The molecular formula is C8H8FNO2. The number of aromatic hydroxyl groups is 1. The molecule has 1 aromatic carbocycles. The van der Waals surface area contributed by atoms with Gasteiger partial charge in [-0.1, -0.05) is 0 Å². The lowest BCUT2D eigenvalue weighted by Crippen LogP contribution is -2.02. The van der Waals surface area contributed by atoms with E-state index in [9.17, 15) is 9.18 Å². The van der Waals surface area contributed by atoms with Gasteiger partial charge in [0.05, 0.1) is 11.3 Å². The monoisotopic (exact) mass is 169 g/mol. The van der Waals surface area contributed by atoms with E-state index in [0.29, 0.717) is 0 Å². The summed E-state index contributed by atoms with van der Waals surface area (Å²) in [6.45, 7) is 1.21. The van der Waals surface area contributed by atoms with Crippen molar-refractivity contribution in [3.8, 4) is 5.75 Å². The Morgan fingerprint density at radius 2 is 2.17 bits per heavy atom. The second kappa shape index (κ2) is 2.81. The highest BCUT2D eigenvalue weighted by molar-refractivity contribution is 6.01. The first-order chi connectivity index (χ1) is 5.54. The fourth-order valence-electron chi connectivity index (χ4n) is 0.953. The summed E-state index contributed by atoms with van der Waals surface area (Å²) < 4.78 is 12.7. The zero-order valence-corrected chi connectivity index (χ0v) is 6.47. The second-order valence-electron chi connectivity index (χ2n) is 2.41. The van der Waals surface area contributed by atoms with Crippen LogP contribution in [-0.4, -0.2) is 10.9 Å². The van der Waals surface area contributed by atoms with E-state index in [4.69, 9.17) is 10.8 Å². The van der Waals surface area contributed by atoms with Crippen LogP contribution in [-0.2, 0) is 0 Å². The number of ketones is 1. The largest absolute Gasteiger partial charge is 0.507 e. The van der Waals surface area contributed by atoms with Crippen LogP contribution in [0.1, 0.15) is 17.3 Å². The molecule has 0 amide bonds. The van der Waals surface area contributed by atoms with Crippen LogP contribution in [0.3, 0.4) is 0 Å². The van der Waals surface area contributed by atoms with Crippen molar-refractivity contribution in [2.45, 2.75) is 6.92 Å². The summed E-state index contributed by atoms with van der Waals surface area (Å²) in [6, 6.07) is 2.11. The number of hydrogen-bond donors (Lipinski definition) is 2. The molecule has 0 saturated carbocycles. The predicted molar refractivity (Wildman–Crippen MR) is 42.5 cm³/mol. The van der Waals surface area contributed by atoms with Crippen molar-refractivity contribution in [3.05, 3.63) is 23.5 Å². The number of carbonyl (C=O) groups excluding carboxylic acids is 1. The molecule has 0 fully saturated rings. The van der Waals surface area contributed by atoms with Crippen molar-refractivity contribution < 1.29 is 14.3 Å². The molecule has 0 aliphatic heterocycles. The molecule has 64 valence electrons. The molecule has 0 heterocycles. The van der Waals surface area contributed by atoms with Crippen molar-refractivity contribution in [2.75, 3.05) is 5.73 Å². The van der Waals surface area contributed by atoms with Gasteiger partial charge >= 0.3 is 0 Å². The summed E-state index contributed by atoms with van der Waals surface area (Å²) in [7, 11) is 0. The zero-order valence-electron chi connectivity index (χ0n) is 6.47. The molecule has 0 spiro atoms. The molecule has 0 unspecified atom stereocenters. The van der Waals surface area contributed by atoms with E-state index in [1.807, 2.05) is 0 Å². The SMILES string of the molecule is CC(=O)c1c(O)ccc(F)c1N. The topological polar surface area (TPSA) is 63.3 Å². The van der Waals surface area contributed by atoms with Crippen molar-refractivity contribution in [1.29, 1.82) is 0 Å². The first kappa shape index (κ1) is 8.52. The smallest absolute Gasteiger partial charge is 0.165 e. The molecule has 0 atom stereocenters. The molecule has 0 aliphatic rings. The maximum atomic E-state index is 12.7. The van der Waals surface area contributed by atoms with E-state index in [2.05, 4.69) is 0 Å². The number of phenols is 1. The van der Waals surface area contributed by atoms with Crippen LogP contribution in [0.2, 0.25) is 0 Å². The Morgan fingerprint density at radius 1 is 1.58 bits per heavy atom. The molecule has 0 aromatic heterocycles. The Hall–Kier alpha value is -1.58. The summed E-state index contributed by atoms with van der Waals surface area (Å²) in [5.74, 6) is -1.44. The second-order valence-corrected chi connectivity index (χ2v) is 2.41. The quantitative estimate of drug-likeness (QED) is 0.492. The number of Topliss-reactive ketones (excluding diaryl/α,β-unsaturated/α-hetero) is 1. The predicted octanol–water partition coefficient (Wildman–Crippen LogP) is 1.32. The van der Waals surface area contributed by atoms with E-state index in [0.717, 1.165) is 12.1 Å². The van der Waals surface area contributed by atoms with E-state index in [1.165, 1.54) is 6.92 Å². The fourth-order valence-corrected chi connectivity index (χ4v) is 0.953. The minimum Gasteiger partial charge on any atom is -0.507 e. The molecule has 12 heavy (non-hydrogen) atoms. The summed E-state index contributed by atoms with van der Waals surface area (Å²) in [5, 5.41) is 9.12. The fraction of sp³-hybridized carbons (Fsp3) is 0.125. The van der Waals surface area contributed by atoms with Gasteiger partial charge < -0.3 is 10.8 Å². The van der Waals surface area contributed by atoms with Crippen LogP contribution in [0, 0.1) is 5.82 Å². The van der Waals surface area contributed by atoms with Gasteiger partial charge in [0, 0.05) is 0 Å². The Kier molecular flexibility index (Phi) is 1.99. The zero-order chi connectivity index (χ0) is 9.30. The molecular weight excluding hydrogens is 161 g/mol. The summed E-state index contributed by atoms with van der Waals surface area (Å²) in [4.78, 5) is 10.8. The van der Waals surface area contributed by atoms with Crippen LogP contribution in [0.4, 0.5) is 10.1 Å². The van der Waals surface area contributed by atoms with Crippen LogP contribution in [0.25, 0.3) is 0 Å². The van der Waals surface area contributed by atoms with E-state index in [-0.39, 0.29) is 17.0 Å². The number of benzene rings is 1. The van der Waals surface area contributed by atoms with Crippen LogP contribution >= 0.6 is 0 Å². The molecule has 0 aliphatic carbocycles. The van der Waals surface area contributed by atoms with Gasteiger partial charge in [-0.05, 0) is 19.1 Å². The number of hydrogen-bond acceptors (Lipinski definition) is 3. The first-order valence-corrected chi connectivity index (χ1v) is 3.32. The highest BCUT2D eigenvalue weighted by Crippen LogP contribution is 2.25. The molecule has 1 rings (SSSR count). The third-order valence-corrected chi connectivity index (χ3v) is 1.52. The van der Waals surface area contributed by atoms with Crippen LogP contribution in [0.5, 0.6) is 5.75 Å². The van der Waals surface area contributed by atoms with Crippen molar-refractivity contribution in [1.82, 2.24) is 0 Å². The number of phenolic OH excluding ortho intramolecular Hbond substituents is 1. The number of nitrogen functional groups attached to an aromatic ring is 1.